The Morgan fingerprint density at radius 1 is 1.48 bits per heavy atom. The number of aromatic nitrogens is 4. The monoisotopic (exact) mass is 338 g/mol. The van der Waals surface area contributed by atoms with Crippen molar-refractivity contribution in [2.24, 2.45) is 0 Å². The van der Waals surface area contributed by atoms with Gasteiger partial charge in [-0.05, 0) is 6.08 Å². The molecule has 2 atom stereocenters. The van der Waals surface area contributed by atoms with Crippen molar-refractivity contribution in [3.8, 4) is 12.3 Å². The van der Waals surface area contributed by atoms with Crippen molar-refractivity contribution in [2.75, 3.05) is 12.3 Å². The standard InChI is InChI=1S/C18H22N6O/c1-6-11-8-12(9-23(11)13(25)7-2)24-17-14(16(19)20-10-21-17)15(22-24)18(3,4)5/h1,7,10-12H,2,8-9H2,3-5H3,(H2,19,20,21)/t11-,12-/m1/s1. The second kappa shape index (κ2) is 5.88. The molecule has 2 aromatic heterocycles. The van der Waals surface area contributed by atoms with Gasteiger partial charge in [-0.3, -0.25) is 4.79 Å². The highest BCUT2D eigenvalue weighted by Gasteiger charge is 2.37. The number of hydrogen-bond donors (Lipinski definition) is 1. The number of terminal acetylenes is 1. The Balaban J connectivity index is 2.12. The first kappa shape index (κ1) is 17.0. The number of carbonyl (C=O) groups excluding carboxylic acids is 1. The number of nitrogens with two attached hydrogens (primary N) is 1. The molecule has 0 radical (unpaired) electrons. The average molecular weight is 338 g/mol. The van der Waals surface area contributed by atoms with E-state index in [4.69, 9.17) is 17.3 Å². The van der Waals surface area contributed by atoms with E-state index in [0.29, 0.717) is 24.4 Å². The third-order valence-corrected chi connectivity index (χ3v) is 4.50. The van der Waals surface area contributed by atoms with E-state index in [-0.39, 0.29) is 23.4 Å². The third-order valence-electron chi connectivity index (χ3n) is 4.50. The molecule has 0 saturated carbocycles. The topological polar surface area (TPSA) is 89.9 Å². The summed E-state index contributed by atoms with van der Waals surface area (Å²) in [6.45, 7) is 10.2. The largest absolute Gasteiger partial charge is 0.383 e. The van der Waals surface area contributed by atoms with Crippen LogP contribution in [0.25, 0.3) is 11.0 Å². The second-order valence-corrected chi connectivity index (χ2v) is 7.27. The van der Waals surface area contributed by atoms with Gasteiger partial charge in [0.2, 0.25) is 5.91 Å². The fourth-order valence-corrected chi connectivity index (χ4v) is 3.28. The van der Waals surface area contributed by atoms with Gasteiger partial charge < -0.3 is 10.6 Å². The number of hydrogen-bond acceptors (Lipinski definition) is 5. The number of nitrogen functional groups attached to an aromatic ring is 1. The van der Waals surface area contributed by atoms with Crippen LogP contribution in [-0.2, 0) is 10.2 Å². The van der Waals surface area contributed by atoms with E-state index in [0.717, 1.165) is 11.1 Å². The van der Waals surface area contributed by atoms with Gasteiger partial charge in [0.25, 0.3) is 0 Å². The molecule has 3 heterocycles. The van der Waals surface area contributed by atoms with Crippen LogP contribution >= 0.6 is 0 Å². The van der Waals surface area contributed by atoms with E-state index in [1.165, 1.54) is 12.4 Å². The van der Waals surface area contributed by atoms with Gasteiger partial charge in [-0.1, -0.05) is 33.3 Å². The van der Waals surface area contributed by atoms with Crippen LogP contribution in [0.1, 0.15) is 38.9 Å². The van der Waals surface area contributed by atoms with Crippen LogP contribution in [0.5, 0.6) is 0 Å². The molecule has 2 aromatic rings. The summed E-state index contributed by atoms with van der Waals surface area (Å²) >= 11 is 0. The van der Waals surface area contributed by atoms with Crippen molar-refractivity contribution >= 4 is 22.8 Å². The Labute approximate surface area is 146 Å². The van der Waals surface area contributed by atoms with Crippen molar-refractivity contribution in [3.05, 3.63) is 24.7 Å². The summed E-state index contributed by atoms with van der Waals surface area (Å²) in [6, 6.07) is -0.357. The number of nitrogens with zero attached hydrogens (tertiary/aromatic N) is 5. The molecule has 1 saturated heterocycles. The SMILES string of the molecule is C#C[C@@H]1C[C@@H](n2nc(C(C)(C)C)c3c(N)ncnc32)CN1C(=O)C=C. The molecular formula is C18H22N6O. The molecule has 0 spiro atoms. The first-order valence-corrected chi connectivity index (χ1v) is 8.16. The summed E-state index contributed by atoms with van der Waals surface area (Å²) in [5.74, 6) is 2.92. The number of rotatable bonds is 2. The molecule has 3 rings (SSSR count). The summed E-state index contributed by atoms with van der Waals surface area (Å²) in [5, 5.41) is 5.56. The molecule has 0 aliphatic carbocycles. The van der Waals surface area contributed by atoms with Crippen LogP contribution in [0.4, 0.5) is 5.82 Å². The number of likely N-dealkylation sites (tertiary alicyclic amines) is 1. The van der Waals surface area contributed by atoms with E-state index in [9.17, 15) is 4.79 Å². The zero-order chi connectivity index (χ0) is 18.4. The maximum Gasteiger partial charge on any atom is 0.247 e. The van der Waals surface area contributed by atoms with Crippen LogP contribution in [-0.4, -0.2) is 43.1 Å². The Bertz CT molecular complexity index is 885. The molecule has 25 heavy (non-hydrogen) atoms. The second-order valence-electron chi connectivity index (χ2n) is 7.27. The molecule has 2 N–H and O–H groups in total. The molecular weight excluding hydrogens is 316 g/mol. The quantitative estimate of drug-likeness (QED) is 0.664. The van der Waals surface area contributed by atoms with Crippen LogP contribution in [0.2, 0.25) is 0 Å². The van der Waals surface area contributed by atoms with Gasteiger partial charge in [-0.25, -0.2) is 14.6 Å². The highest BCUT2D eigenvalue weighted by molar-refractivity contribution is 5.89. The van der Waals surface area contributed by atoms with Crippen molar-refractivity contribution in [2.45, 2.75) is 44.7 Å². The van der Waals surface area contributed by atoms with Crippen LogP contribution in [0.15, 0.2) is 19.0 Å². The lowest BCUT2D eigenvalue weighted by atomic mass is 9.90. The van der Waals surface area contributed by atoms with E-state index in [2.05, 4.69) is 43.2 Å². The van der Waals surface area contributed by atoms with Crippen LogP contribution in [0.3, 0.4) is 0 Å². The fourth-order valence-electron chi connectivity index (χ4n) is 3.28. The summed E-state index contributed by atoms with van der Waals surface area (Å²) in [4.78, 5) is 22.2. The molecule has 1 amide bonds. The lowest BCUT2D eigenvalue weighted by Gasteiger charge is -2.18. The van der Waals surface area contributed by atoms with Gasteiger partial charge in [0, 0.05) is 18.4 Å². The first-order chi connectivity index (χ1) is 11.8. The molecule has 1 aliphatic rings. The molecule has 7 heteroatoms. The van der Waals surface area contributed by atoms with E-state index < -0.39 is 0 Å². The van der Waals surface area contributed by atoms with Crippen molar-refractivity contribution in [1.82, 2.24) is 24.6 Å². The normalized spacial score (nSPS) is 20.6. The molecule has 0 bridgehead atoms. The van der Waals surface area contributed by atoms with Gasteiger partial charge >= 0.3 is 0 Å². The molecule has 7 nitrogen and oxygen atoms in total. The Kier molecular flexibility index (Phi) is 3.99. The van der Waals surface area contributed by atoms with Gasteiger partial charge in [-0.2, -0.15) is 5.10 Å². The fraction of sp³-hybridized carbons (Fsp3) is 0.444. The minimum absolute atomic E-state index is 0.0714. The smallest absolute Gasteiger partial charge is 0.247 e. The van der Waals surface area contributed by atoms with Crippen LogP contribution in [0, 0.1) is 12.3 Å². The molecule has 0 aromatic carbocycles. The zero-order valence-corrected chi connectivity index (χ0v) is 14.7. The number of anilines is 1. The maximum absolute atomic E-state index is 12.1. The Hall–Kier alpha value is -2.88. The van der Waals surface area contributed by atoms with Gasteiger partial charge in [0.15, 0.2) is 5.65 Å². The minimum atomic E-state index is -0.285. The predicted molar refractivity (Wildman–Crippen MR) is 96.6 cm³/mol. The van der Waals surface area contributed by atoms with Gasteiger partial charge in [0.05, 0.1) is 23.2 Å². The number of carbonyl (C=O) groups is 1. The van der Waals surface area contributed by atoms with E-state index in [1.54, 1.807) is 4.90 Å². The van der Waals surface area contributed by atoms with Gasteiger partial charge in [-0.15, -0.1) is 6.42 Å². The highest BCUT2D eigenvalue weighted by Crippen LogP contribution is 2.35. The maximum atomic E-state index is 12.1. The molecule has 1 aliphatic heterocycles. The van der Waals surface area contributed by atoms with Crippen LogP contribution < -0.4 is 5.73 Å². The summed E-state index contributed by atoms with van der Waals surface area (Å²) in [5.41, 5.74) is 7.39. The third kappa shape index (κ3) is 2.74. The predicted octanol–water partition coefficient (Wildman–Crippen LogP) is 1.67. The van der Waals surface area contributed by atoms with Crippen molar-refractivity contribution in [3.63, 3.8) is 0 Å². The van der Waals surface area contributed by atoms with Gasteiger partial charge in [0.1, 0.15) is 12.1 Å². The molecule has 0 unspecified atom stereocenters. The number of amides is 1. The lowest BCUT2D eigenvalue weighted by Crippen LogP contribution is -2.33. The van der Waals surface area contributed by atoms with Crippen molar-refractivity contribution < 1.29 is 4.79 Å². The summed E-state index contributed by atoms with van der Waals surface area (Å²) < 4.78 is 1.84. The zero-order valence-electron chi connectivity index (χ0n) is 14.7. The number of fused-ring (bicyclic) bond motifs is 1. The van der Waals surface area contributed by atoms with Crippen molar-refractivity contribution in [1.29, 1.82) is 0 Å². The minimum Gasteiger partial charge on any atom is -0.383 e. The van der Waals surface area contributed by atoms with E-state index in [1.807, 2.05) is 4.68 Å². The Morgan fingerprint density at radius 2 is 2.20 bits per heavy atom. The average Bonchev–Trinajstić information content (AvgIpc) is 3.15. The lowest BCUT2D eigenvalue weighted by molar-refractivity contribution is -0.126. The Morgan fingerprint density at radius 3 is 2.80 bits per heavy atom. The summed E-state index contributed by atoms with van der Waals surface area (Å²) in [7, 11) is 0. The molecule has 1 fully saturated rings. The van der Waals surface area contributed by atoms with E-state index >= 15 is 0 Å². The molecule has 130 valence electrons. The first-order valence-electron chi connectivity index (χ1n) is 8.16. The highest BCUT2D eigenvalue weighted by atomic mass is 16.2. The summed E-state index contributed by atoms with van der Waals surface area (Å²) in [6.07, 6.45) is 8.95.